The van der Waals surface area contributed by atoms with Crippen molar-refractivity contribution in [3.63, 3.8) is 0 Å². The molecule has 0 aliphatic carbocycles. The van der Waals surface area contributed by atoms with Gasteiger partial charge in [0.1, 0.15) is 11.8 Å². The summed E-state index contributed by atoms with van der Waals surface area (Å²) in [6.07, 6.45) is 1.08. The third kappa shape index (κ3) is 5.43. The van der Waals surface area contributed by atoms with Gasteiger partial charge in [0, 0.05) is 12.8 Å². The van der Waals surface area contributed by atoms with E-state index in [0.717, 1.165) is 11.1 Å². The topological polar surface area (TPSA) is 75.6 Å². The fourth-order valence-corrected chi connectivity index (χ4v) is 2.37. The van der Waals surface area contributed by atoms with Crippen molar-refractivity contribution in [2.45, 2.75) is 25.3 Å². The number of nitrogens with one attached hydrogen (secondary N) is 1. The summed E-state index contributed by atoms with van der Waals surface area (Å²) in [6.45, 7) is 0. The SMILES string of the molecule is COc1ccc(C[C@H](NC(=O)CCc2ccccc2)C(=O)O)cc1. The van der Waals surface area contributed by atoms with Gasteiger partial charge < -0.3 is 15.2 Å². The molecule has 5 heteroatoms. The smallest absolute Gasteiger partial charge is 0.326 e. The van der Waals surface area contributed by atoms with Crippen molar-refractivity contribution < 1.29 is 19.4 Å². The lowest BCUT2D eigenvalue weighted by molar-refractivity contribution is -0.141. The van der Waals surface area contributed by atoms with Crippen molar-refractivity contribution in [3.05, 3.63) is 65.7 Å². The number of ether oxygens (including phenoxy) is 1. The molecule has 0 spiro atoms. The summed E-state index contributed by atoms with van der Waals surface area (Å²) in [5, 5.41) is 11.9. The number of benzene rings is 2. The fourth-order valence-electron chi connectivity index (χ4n) is 2.37. The highest BCUT2D eigenvalue weighted by Crippen LogP contribution is 2.13. The first-order valence-corrected chi connectivity index (χ1v) is 7.77. The van der Waals surface area contributed by atoms with Gasteiger partial charge in [-0.25, -0.2) is 4.79 Å². The van der Waals surface area contributed by atoms with Gasteiger partial charge in [0.25, 0.3) is 0 Å². The lowest BCUT2D eigenvalue weighted by Gasteiger charge is -2.15. The maximum atomic E-state index is 12.0. The van der Waals surface area contributed by atoms with Crippen molar-refractivity contribution in [1.82, 2.24) is 5.32 Å². The second-order valence-electron chi connectivity index (χ2n) is 5.50. The Morgan fingerprint density at radius 1 is 1.04 bits per heavy atom. The van der Waals surface area contributed by atoms with E-state index in [1.54, 1.807) is 31.4 Å². The highest BCUT2D eigenvalue weighted by Gasteiger charge is 2.20. The van der Waals surface area contributed by atoms with Crippen molar-refractivity contribution in [2.75, 3.05) is 7.11 Å². The monoisotopic (exact) mass is 327 g/mol. The number of hydrogen-bond acceptors (Lipinski definition) is 3. The quantitative estimate of drug-likeness (QED) is 0.781. The second-order valence-corrected chi connectivity index (χ2v) is 5.50. The molecular weight excluding hydrogens is 306 g/mol. The summed E-state index contributed by atoms with van der Waals surface area (Å²) in [5.41, 5.74) is 1.88. The van der Waals surface area contributed by atoms with E-state index in [2.05, 4.69) is 5.32 Å². The fraction of sp³-hybridized carbons (Fsp3) is 0.263. The second kappa shape index (κ2) is 8.72. The summed E-state index contributed by atoms with van der Waals surface area (Å²) in [7, 11) is 1.57. The Hall–Kier alpha value is -2.82. The molecule has 2 aromatic rings. The van der Waals surface area contributed by atoms with Crippen LogP contribution in [0.4, 0.5) is 0 Å². The molecule has 0 saturated carbocycles. The van der Waals surface area contributed by atoms with Gasteiger partial charge in [0.2, 0.25) is 5.91 Å². The number of aliphatic carboxylic acids is 1. The van der Waals surface area contributed by atoms with Gasteiger partial charge in [-0.3, -0.25) is 4.79 Å². The van der Waals surface area contributed by atoms with Gasteiger partial charge in [0.05, 0.1) is 7.11 Å². The van der Waals surface area contributed by atoms with Crippen LogP contribution in [0.25, 0.3) is 0 Å². The van der Waals surface area contributed by atoms with E-state index in [9.17, 15) is 14.7 Å². The molecule has 5 nitrogen and oxygen atoms in total. The van der Waals surface area contributed by atoms with Gasteiger partial charge in [-0.1, -0.05) is 42.5 Å². The van der Waals surface area contributed by atoms with Gasteiger partial charge >= 0.3 is 5.97 Å². The number of carbonyl (C=O) groups excluding carboxylic acids is 1. The maximum Gasteiger partial charge on any atom is 0.326 e. The van der Waals surface area contributed by atoms with Crippen molar-refractivity contribution >= 4 is 11.9 Å². The summed E-state index contributed by atoms with van der Waals surface area (Å²) >= 11 is 0. The van der Waals surface area contributed by atoms with Gasteiger partial charge in [-0.05, 0) is 29.7 Å². The zero-order valence-electron chi connectivity index (χ0n) is 13.6. The lowest BCUT2D eigenvalue weighted by atomic mass is 10.0. The molecule has 0 aliphatic heterocycles. The lowest BCUT2D eigenvalue weighted by Crippen LogP contribution is -2.42. The molecule has 0 aliphatic rings. The number of carboxylic acid groups (broad SMARTS) is 1. The summed E-state index contributed by atoms with van der Waals surface area (Å²) in [6, 6.07) is 15.8. The third-order valence-electron chi connectivity index (χ3n) is 3.72. The largest absolute Gasteiger partial charge is 0.497 e. The predicted molar refractivity (Wildman–Crippen MR) is 91.0 cm³/mol. The molecule has 2 aromatic carbocycles. The molecule has 1 atom stereocenters. The molecule has 1 amide bonds. The molecule has 0 fully saturated rings. The van der Waals surface area contributed by atoms with E-state index in [4.69, 9.17) is 4.74 Å². The van der Waals surface area contributed by atoms with Crippen LogP contribution in [0.15, 0.2) is 54.6 Å². The van der Waals surface area contributed by atoms with Crippen LogP contribution in [0.5, 0.6) is 5.75 Å². The third-order valence-corrected chi connectivity index (χ3v) is 3.72. The first-order chi connectivity index (χ1) is 11.6. The van der Waals surface area contributed by atoms with Crippen LogP contribution in [0.2, 0.25) is 0 Å². The molecule has 2 N–H and O–H groups in total. The molecule has 0 bridgehead atoms. The molecular formula is C19H21NO4. The van der Waals surface area contributed by atoms with E-state index in [0.29, 0.717) is 12.2 Å². The van der Waals surface area contributed by atoms with Crippen LogP contribution in [-0.4, -0.2) is 30.1 Å². The molecule has 0 heterocycles. The Bertz CT molecular complexity index is 668. The highest BCUT2D eigenvalue weighted by molar-refractivity contribution is 5.83. The van der Waals surface area contributed by atoms with Crippen LogP contribution < -0.4 is 10.1 Å². The minimum absolute atomic E-state index is 0.233. The first-order valence-electron chi connectivity index (χ1n) is 7.77. The molecule has 24 heavy (non-hydrogen) atoms. The molecule has 0 radical (unpaired) electrons. The van der Waals surface area contributed by atoms with Gasteiger partial charge in [-0.2, -0.15) is 0 Å². The summed E-state index contributed by atoms with van der Waals surface area (Å²) in [4.78, 5) is 23.4. The number of amides is 1. The molecule has 2 rings (SSSR count). The predicted octanol–water partition coefficient (Wildman–Crippen LogP) is 2.44. The average Bonchev–Trinajstić information content (AvgIpc) is 2.61. The average molecular weight is 327 g/mol. The molecule has 0 unspecified atom stereocenters. The summed E-state index contributed by atoms with van der Waals surface area (Å²) in [5.74, 6) is -0.601. The van der Waals surface area contributed by atoms with E-state index in [1.807, 2.05) is 30.3 Å². The normalized spacial score (nSPS) is 11.5. The molecule has 126 valence electrons. The van der Waals surface area contributed by atoms with Crippen molar-refractivity contribution in [1.29, 1.82) is 0 Å². The Labute approximate surface area is 141 Å². The minimum atomic E-state index is -1.04. The first kappa shape index (κ1) is 17.5. The van der Waals surface area contributed by atoms with Crippen LogP contribution in [0, 0.1) is 0 Å². The van der Waals surface area contributed by atoms with Crippen LogP contribution in [-0.2, 0) is 22.4 Å². The van der Waals surface area contributed by atoms with Gasteiger partial charge in [-0.15, -0.1) is 0 Å². The van der Waals surface area contributed by atoms with Crippen LogP contribution in [0.1, 0.15) is 17.5 Å². The zero-order valence-corrected chi connectivity index (χ0v) is 13.6. The maximum absolute atomic E-state index is 12.0. The number of carbonyl (C=O) groups is 2. The highest BCUT2D eigenvalue weighted by atomic mass is 16.5. The number of aryl methyl sites for hydroxylation is 1. The van der Waals surface area contributed by atoms with E-state index in [-0.39, 0.29) is 18.7 Å². The molecule has 0 saturated heterocycles. The Morgan fingerprint density at radius 3 is 2.29 bits per heavy atom. The number of rotatable bonds is 8. The standard InChI is InChI=1S/C19H21NO4/c1-24-16-10-7-15(8-11-16)13-17(19(22)23)20-18(21)12-9-14-5-3-2-4-6-14/h2-8,10-11,17H,9,12-13H2,1H3,(H,20,21)(H,22,23)/t17-/m0/s1. The van der Waals surface area contributed by atoms with E-state index in [1.165, 1.54) is 0 Å². The number of carboxylic acids is 1. The van der Waals surface area contributed by atoms with Crippen molar-refractivity contribution in [3.8, 4) is 5.75 Å². The van der Waals surface area contributed by atoms with Crippen LogP contribution >= 0.6 is 0 Å². The minimum Gasteiger partial charge on any atom is -0.497 e. The van der Waals surface area contributed by atoms with E-state index >= 15 is 0 Å². The van der Waals surface area contributed by atoms with Gasteiger partial charge in [0.15, 0.2) is 0 Å². The Balaban J connectivity index is 1.90. The molecule has 0 aromatic heterocycles. The zero-order chi connectivity index (χ0) is 17.4. The Morgan fingerprint density at radius 2 is 1.71 bits per heavy atom. The van der Waals surface area contributed by atoms with Crippen LogP contribution in [0.3, 0.4) is 0 Å². The van der Waals surface area contributed by atoms with Crippen molar-refractivity contribution in [2.24, 2.45) is 0 Å². The summed E-state index contributed by atoms with van der Waals surface area (Å²) < 4.78 is 5.07. The number of hydrogen-bond donors (Lipinski definition) is 2. The van der Waals surface area contributed by atoms with E-state index < -0.39 is 12.0 Å². The number of methoxy groups -OCH3 is 1. The Kier molecular flexibility index (Phi) is 6.37.